The topological polar surface area (TPSA) is 29.1 Å². The number of Topliss-reactive ketones (excluding diaryl/α,β-unsaturated/α-hetero) is 1. The van der Waals surface area contributed by atoms with E-state index in [2.05, 4.69) is 23.8 Å². The number of halogens is 1. The van der Waals surface area contributed by atoms with Gasteiger partial charge in [0.25, 0.3) is 0 Å². The first kappa shape index (κ1) is 16.1. The minimum absolute atomic E-state index is 0.0140. The van der Waals surface area contributed by atoms with Crippen LogP contribution in [0.1, 0.15) is 11.1 Å². The zero-order chi connectivity index (χ0) is 15.1. The Hall–Kier alpha value is -1.29. The Labute approximate surface area is 135 Å². The number of rotatable bonds is 7. The number of benzene rings is 2. The predicted molar refractivity (Wildman–Crippen MR) is 89.8 cm³/mol. The van der Waals surface area contributed by atoms with Gasteiger partial charge in [0.15, 0.2) is 5.78 Å². The zero-order valence-corrected chi connectivity index (χ0v) is 13.5. The first-order chi connectivity index (χ1) is 10.2. The smallest absolute Gasteiger partial charge is 0.165 e. The summed E-state index contributed by atoms with van der Waals surface area (Å²) in [5, 5.41) is 0. The van der Waals surface area contributed by atoms with Crippen LogP contribution in [0.2, 0.25) is 0 Å². The summed E-state index contributed by atoms with van der Waals surface area (Å²) in [6.45, 7) is 2.05. The van der Waals surface area contributed by atoms with Crippen molar-refractivity contribution in [3.05, 3.63) is 65.7 Å². The van der Waals surface area contributed by atoms with Gasteiger partial charge in [0.1, 0.15) is 0 Å². The van der Waals surface area contributed by atoms with E-state index in [1.807, 2.05) is 42.5 Å². The van der Waals surface area contributed by atoms with Gasteiger partial charge in [-0.1, -0.05) is 48.0 Å². The summed E-state index contributed by atoms with van der Waals surface area (Å²) in [5.41, 5.74) is 2.34. The molecule has 110 valence electrons. The van der Waals surface area contributed by atoms with Crippen LogP contribution in [0.15, 0.2) is 59.5 Å². The number of nitrogens with one attached hydrogen (secondary N) is 1. The second kappa shape index (κ2) is 8.23. The molecule has 2 rings (SSSR count). The van der Waals surface area contributed by atoms with Crippen LogP contribution in [0.5, 0.6) is 0 Å². The first-order valence-electron chi connectivity index (χ1n) is 6.80. The first-order valence-corrected chi connectivity index (χ1v) is 8.16. The number of aryl methyl sites for hydroxylation is 1. The van der Waals surface area contributed by atoms with E-state index in [-0.39, 0.29) is 17.7 Å². The van der Waals surface area contributed by atoms with Crippen LogP contribution in [-0.2, 0) is 11.2 Å². The average Bonchev–Trinajstić information content (AvgIpc) is 2.53. The highest BCUT2D eigenvalue weighted by Crippen LogP contribution is 2.17. The third-order valence-electron chi connectivity index (χ3n) is 3.14. The Morgan fingerprint density at radius 3 is 2.43 bits per heavy atom. The Balaban J connectivity index is 1.99. The normalized spacial score (nSPS) is 12.1. The van der Waals surface area contributed by atoms with Crippen LogP contribution in [0.4, 0.5) is 0 Å². The number of hydrogen-bond acceptors (Lipinski definition) is 3. The number of hydrogen-bond donors (Lipinski definition) is 1. The Bertz CT molecular complexity index is 571. The van der Waals surface area contributed by atoms with Crippen LogP contribution in [0.25, 0.3) is 0 Å². The highest BCUT2D eigenvalue weighted by atomic mass is 35.5. The third-order valence-corrected chi connectivity index (χ3v) is 4.32. The molecule has 1 atom stereocenters. The monoisotopic (exact) mass is 319 g/mol. The fourth-order valence-electron chi connectivity index (χ4n) is 1.91. The van der Waals surface area contributed by atoms with Gasteiger partial charge in [-0.25, -0.2) is 4.72 Å². The fraction of sp³-hybridized carbons (Fsp3) is 0.235. The number of alkyl halides is 1. The molecule has 0 unspecified atom stereocenters. The van der Waals surface area contributed by atoms with E-state index in [1.165, 1.54) is 17.5 Å². The molecule has 2 aromatic carbocycles. The van der Waals surface area contributed by atoms with E-state index in [0.717, 1.165) is 10.5 Å². The molecule has 4 heteroatoms. The molecule has 0 aliphatic heterocycles. The number of carbonyl (C=O) groups excluding carboxylic acids is 1. The van der Waals surface area contributed by atoms with E-state index < -0.39 is 0 Å². The van der Waals surface area contributed by atoms with Gasteiger partial charge in [-0.05, 0) is 43.0 Å². The zero-order valence-electron chi connectivity index (χ0n) is 11.9. The van der Waals surface area contributed by atoms with Crippen molar-refractivity contribution in [2.75, 3.05) is 5.88 Å². The maximum atomic E-state index is 12.0. The van der Waals surface area contributed by atoms with Gasteiger partial charge < -0.3 is 0 Å². The highest BCUT2D eigenvalue weighted by Gasteiger charge is 2.17. The molecule has 0 saturated carbocycles. The van der Waals surface area contributed by atoms with Crippen LogP contribution < -0.4 is 4.72 Å². The SMILES string of the molecule is Cc1ccc(SN[C@@H](Cc2ccccc2)C(=O)CCl)cc1. The molecule has 21 heavy (non-hydrogen) atoms. The molecule has 0 aromatic heterocycles. The molecule has 0 heterocycles. The van der Waals surface area contributed by atoms with Crippen molar-refractivity contribution >= 4 is 29.3 Å². The van der Waals surface area contributed by atoms with Crippen LogP contribution in [0.3, 0.4) is 0 Å². The maximum absolute atomic E-state index is 12.0. The van der Waals surface area contributed by atoms with Crippen molar-refractivity contribution in [3.63, 3.8) is 0 Å². The summed E-state index contributed by atoms with van der Waals surface area (Å²) in [5.74, 6) is 0.0408. The predicted octanol–water partition coefficient (Wildman–Crippen LogP) is 4.01. The lowest BCUT2D eigenvalue weighted by molar-refractivity contribution is -0.118. The second-order valence-electron chi connectivity index (χ2n) is 4.88. The van der Waals surface area contributed by atoms with E-state index in [4.69, 9.17) is 11.6 Å². The minimum Gasteiger partial charge on any atom is -0.297 e. The Morgan fingerprint density at radius 2 is 1.81 bits per heavy atom. The molecule has 0 bridgehead atoms. The van der Waals surface area contributed by atoms with Gasteiger partial charge in [-0.3, -0.25) is 4.79 Å². The number of ketones is 1. The Kier molecular flexibility index (Phi) is 6.30. The lowest BCUT2D eigenvalue weighted by Gasteiger charge is -2.16. The van der Waals surface area contributed by atoms with E-state index >= 15 is 0 Å². The third kappa shape index (κ3) is 5.20. The molecule has 0 aliphatic carbocycles. The van der Waals surface area contributed by atoms with Crippen LogP contribution >= 0.6 is 23.5 Å². The summed E-state index contributed by atoms with van der Waals surface area (Å²) in [7, 11) is 0. The van der Waals surface area contributed by atoms with Crippen molar-refractivity contribution in [1.29, 1.82) is 0 Å². The quantitative estimate of drug-likeness (QED) is 0.617. The molecule has 1 N–H and O–H groups in total. The molecule has 0 fully saturated rings. The summed E-state index contributed by atoms with van der Waals surface area (Å²) >= 11 is 7.19. The molecule has 0 saturated heterocycles. The van der Waals surface area contributed by atoms with Gasteiger partial charge in [0, 0.05) is 4.90 Å². The van der Waals surface area contributed by atoms with E-state index in [1.54, 1.807) is 0 Å². The van der Waals surface area contributed by atoms with Gasteiger partial charge in [0.05, 0.1) is 11.9 Å². The standard InChI is InChI=1S/C17H18ClNOS/c1-13-7-9-15(10-8-13)21-19-16(17(20)12-18)11-14-5-3-2-4-6-14/h2-10,16,19H,11-12H2,1H3/t16-/m0/s1. The summed E-state index contributed by atoms with van der Waals surface area (Å²) in [4.78, 5) is 13.1. The van der Waals surface area contributed by atoms with Gasteiger partial charge in [0.2, 0.25) is 0 Å². The van der Waals surface area contributed by atoms with Crippen LogP contribution in [-0.4, -0.2) is 17.7 Å². The lowest BCUT2D eigenvalue weighted by atomic mass is 10.0. The van der Waals surface area contributed by atoms with Gasteiger partial charge in [-0.2, -0.15) is 0 Å². The molecule has 0 radical (unpaired) electrons. The molecule has 0 spiro atoms. The second-order valence-corrected chi connectivity index (χ2v) is 6.05. The van der Waals surface area contributed by atoms with Crippen LogP contribution in [0, 0.1) is 6.92 Å². The molecule has 0 amide bonds. The summed E-state index contributed by atoms with van der Waals surface area (Å²) in [6, 6.07) is 17.9. The Morgan fingerprint density at radius 1 is 1.14 bits per heavy atom. The van der Waals surface area contributed by atoms with Crippen molar-refractivity contribution in [2.45, 2.75) is 24.3 Å². The van der Waals surface area contributed by atoms with Crippen molar-refractivity contribution in [2.24, 2.45) is 0 Å². The van der Waals surface area contributed by atoms with Gasteiger partial charge in [-0.15, -0.1) is 11.6 Å². The molecular weight excluding hydrogens is 302 g/mol. The van der Waals surface area contributed by atoms with E-state index in [9.17, 15) is 4.79 Å². The molecule has 0 aliphatic rings. The molecular formula is C17H18ClNOS. The summed E-state index contributed by atoms with van der Waals surface area (Å²) in [6.07, 6.45) is 0.644. The van der Waals surface area contributed by atoms with Crippen molar-refractivity contribution < 1.29 is 4.79 Å². The van der Waals surface area contributed by atoms with Gasteiger partial charge >= 0.3 is 0 Å². The molecule has 2 nitrogen and oxygen atoms in total. The fourth-order valence-corrected chi connectivity index (χ4v) is 2.86. The maximum Gasteiger partial charge on any atom is 0.165 e. The van der Waals surface area contributed by atoms with Crippen molar-refractivity contribution in [3.8, 4) is 0 Å². The van der Waals surface area contributed by atoms with E-state index in [0.29, 0.717) is 6.42 Å². The van der Waals surface area contributed by atoms with Crippen molar-refractivity contribution in [1.82, 2.24) is 4.72 Å². The summed E-state index contributed by atoms with van der Waals surface area (Å²) < 4.78 is 3.24. The number of carbonyl (C=O) groups is 1. The average molecular weight is 320 g/mol. The molecule has 2 aromatic rings. The lowest BCUT2D eigenvalue weighted by Crippen LogP contribution is -2.35. The minimum atomic E-state index is -0.281. The highest BCUT2D eigenvalue weighted by molar-refractivity contribution is 7.97. The largest absolute Gasteiger partial charge is 0.297 e.